The number of nitrogens with zero attached hydrogens (tertiary/aromatic N) is 4. The molecule has 0 spiro atoms. The van der Waals surface area contributed by atoms with Crippen LogP contribution in [0.5, 0.6) is 6.01 Å². The molecular weight excluding hydrogens is 501 g/mol. The van der Waals surface area contributed by atoms with Crippen LogP contribution in [-0.4, -0.2) is 58.7 Å². The number of rotatable bonds is 7. The van der Waals surface area contributed by atoms with Crippen molar-refractivity contribution in [2.75, 3.05) is 27.3 Å². The van der Waals surface area contributed by atoms with E-state index in [1.165, 1.54) is 25.3 Å². The molecule has 1 fully saturated rings. The van der Waals surface area contributed by atoms with Crippen molar-refractivity contribution in [2.45, 2.75) is 30.9 Å². The van der Waals surface area contributed by atoms with Crippen molar-refractivity contribution in [1.82, 2.24) is 30.0 Å². The maximum Gasteiger partial charge on any atom is 0.459 e. The summed E-state index contributed by atoms with van der Waals surface area (Å²) in [5, 5.41) is 9.86. The molecule has 0 saturated carbocycles. The second kappa shape index (κ2) is 10.1. The first-order valence-electron chi connectivity index (χ1n) is 12.1. The van der Waals surface area contributed by atoms with Gasteiger partial charge >= 0.3 is 18.0 Å². The molecule has 1 saturated heterocycles. The van der Waals surface area contributed by atoms with Gasteiger partial charge in [0, 0.05) is 24.4 Å². The number of methoxy groups -OCH3 is 2. The molecule has 200 valence electrons. The summed E-state index contributed by atoms with van der Waals surface area (Å²) in [5.41, 5.74) is 1.87. The first kappa shape index (κ1) is 25.7. The molecule has 2 aromatic heterocycles. The van der Waals surface area contributed by atoms with Crippen LogP contribution in [0.4, 0.5) is 13.2 Å². The number of amides is 1. The molecule has 1 atom stereocenters. The van der Waals surface area contributed by atoms with Gasteiger partial charge in [-0.3, -0.25) is 14.8 Å². The first-order valence-corrected chi connectivity index (χ1v) is 12.1. The third-order valence-corrected chi connectivity index (χ3v) is 6.74. The summed E-state index contributed by atoms with van der Waals surface area (Å²) in [5.74, 6) is -4.27. The molecule has 0 bridgehead atoms. The average Bonchev–Trinajstić information content (AvgIpc) is 3.57. The van der Waals surface area contributed by atoms with Gasteiger partial charge in [0.1, 0.15) is 0 Å². The first-order chi connectivity index (χ1) is 18.3. The molecule has 5 rings (SSSR count). The van der Waals surface area contributed by atoms with Crippen molar-refractivity contribution in [2.24, 2.45) is 0 Å². The molecule has 1 amide bonds. The number of hydrogen-bond acceptors (Lipinski definition) is 6. The van der Waals surface area contributed by atoms with Crippen molar-refractivity contribution in [3.63, 3.8) is 0 Å². The Morgan fingerprint density at radius 1 is 1.08 bits per heavy atom. The molecule has 1 aliphatic rings. The highest BCUT2D eigenvalue weighted by Gasteiger charge is 2.61. The van der Waals surface area contributed by atoms with Crippen LogP contribution >= 0.6 is 0 Å². The number of carbonyl (C=O) groups excluding carboxylic acids is 1. The Morgan fingerprint density at radius 3 is 2.47 bits per heavy atom. The number of halogens is 3. The molecule has 0 radical (unpaired) electrons. The van der Waals surface area contributed by atoms with Crippen molar-refractivity contribution >= 4 is 16.9 Å². The van der Waals surface area contributed by atoms with Gasteiger partial charge in [-0.05, 0) is 55.8 Å². The maximum atomic E-state index is 14.7. The lowest BCUT2D eigenvalue weighted by Gasteiger charge is -2.36. The Hall–Kier alpha value is -3.90. The van der Waals surface area contributed by atoms with Gasteiger partial charge in [-0.2, -0.15) is 23.3 Å². The Kier molecular flexibility index (Phi) is 6.84. The van der Waals surface area contributed by atoms with E-state index in [9.17, 15) is 18.0 Å². The third-order valence-electron chi connectivity index (χ3n) is 6.74. The van der Waals surface area contributed by atoms with E-state index in [-0.39, 0.29) is 28.6 Å². The Bertz CT molecular complexity index is 1430. The largest absolute Gasteiger partial charge is 0.468 e. The monoisotopic (exact) mass is 528 g/mol. The smallest absolute Gasteiger partial charge is 0.459 e. The number of fused-ring (bicyclic) bond motifs is 1. The van der Waals surface area contributed by atoms with E-state index in [2.05, 4.69) is 15.4 Å². The Labute approximate surface area is 216 Å². The van der Waals surface area contributed by atoms with Gasteiger partial charge in [-0.1, -0.05) is 24.3 Å². The molecule has 2 N–H and O–H groups in total. The zero-order chi connectivity index (χ0) is 26.9. The fourth-order valence-corrected chi connectivity index (χ4v) is 4.76. The van der Waals surface area contributed by atoms with Crippen molar-refractivity contribution in [1.29, 1.82) is 0 Å². The highest BCUT2D eigenvalue weighted by atomic mass is 19.4. The Balaban J connectivity index is 1.57. The zero-order valence-corrected chi connectivity index (χ0v) is 20.8. The van der Waals surface area contributed by atoms with E-state index >= 15 is 0 Å². The van der Waals surface area contributed by atoms with Gasteiger partial charge in [0.05, 0.1) is 30.4 Å². The highest BCUT2D eigenvalue weighted by Crippen LogP contribution is 2.41. The molecule has 38 heavy (non-hydrogen) atoms. The molecule has 1 aliphatic heterocycles. The van der Waals surface area contributed by atoms with E-state index in [1.54, 1.807) is 36.5 Å². The van der Waals surface area contributed by atoms with Crippen LogP contribution in [0.3, 0.4) is 0 Å². The second-order valence-corrected chi connectivity index (χ2v) is 8.99. The van der Waals surface area contributed by atoms with Crippen LogP contribution < -0.4 is 15.4 Å². The summed E-state index contributed by atoms with van der Waals surface area (Å²) in [6.07, 6.45) is 0.509. The number of aromatic nitrogens is 4. The van der Waals surface area contributed by atoms with Crippen LogP contribution in [-0.2, 0) is 10.6 Å². The maximum absolute atomic E-state index is 14.7. The molecule has 12 heteroatoms. The molecule has 2 aromatic carbocycles. The molecule has 4 aromatic rings. The summed E-state index contributed by atoms with van der Waals surface area (Å²) in [6, 6.07) is 12.3. The van der Waals surface area contributed by atoms with Gasteiger partial charge in [0.25, 0.3) is 5.91 Å². The minimum Gasteiger partial charge on any atom is -0.468 e. The van der Waals surface area contributed by atoms with E-state index in [1.807, 2.05) is 16.2 Å². The number of ether oxygens (including phenoxy) is 2. The predicted octanol–water partition coefficient (Wildman–Crippen LogP) is 4.08. The third kappa shape index (κ3) is 4.50. The van der Waals surface area contributed by atoms with E-state index in [0.717, 1.165) is 44.2 Å². The number of carbonyl (C=O) groups is 1. The quantitative estimate of drug-likeness (QED) is 0.351. The van der Waals surface area contributed by atoms with Crippen molar-refractivity contribution < 1.29 is 27.4 Å². The molecule has 3 heterocycles. The lowest BCUT2D eigenvalue weighted by molar-refractivity contribution is -0.317. The van der Waals surface area contributed by atoms with Crippen LogP contribution in [0.15, 0.2) is 60.9 Å². The predicted molar refractivity (Wildman–Crippen MR) is 134 cm³/mol. The molecule has 1 unspecified atom stereocenters. The lowest BCUT2D eigenvalue weighted by Crippen LogP contribution is -2.61. The van der Waals surface area contributed by atoms with Gasteiger partial charge in [0.2, 0.25) is 0 Å². The van der Waals surface area contributed by atoms with Crippen LogP contribution in [0, 0.1) is 0 Å². The summed E-state index contributed by atoms with van der Waals surface area (Å²) in [7, 11) is 2.07. The van der Waals surface area contributed by atoms with Crippen molar-refractivity contribution in [3.8, 4) is 17.1 Å². The molecular formula is C26H27F3N6O3. The summed E-state index contributed by atoms with van der Waals surface area (Å²) < 4.78 is 57.1. The Morgan fingerprint density at radius 2 is 1.82 bits per heavy atom. The minimum absolute atomic E-state index is 0.0367. The van der Waals surface area contributed by atoms with Gasteiger partial charge in [-0.25, -0.2) is 4.57 Å². The normalized spacial score (nSPS) is 16.3. The van der Waals surface area contributed by atoms with Gasteiger partial charge in [-0.15, -0.1) is 0 Å². The van der Waals surface area contributed by atoms with Crippen LogP contribution in [0.2, 0.25) is 0 Å². The summed E-state index contributed by atoms with van der Waals surface area (Å²) in [6.45, 7) is 1.84. The lowest BCUT2D eigenvalue weighted by atomic mass is 10.1. The second-order valence-electron chi connectivity index (χ2n) is 8.99. The van der Waals surface area contributed by atoms with Gasteiger partial charge in [0.15, 0.2) is 0 Å². The number of imidazole rings is 1. The number of hydrogen-bond donors (Lipinski definition) is 2. The van der Waals surface area contributed by atoms with E-state index in [0.29, 0.717) is 4.57 Å². The molecule has 0 aliphatic carbocycles. The van der Waals surface area contributed by atoms with E-state index in [4.69, 9.17) is 9.47 Å². The topological polar surface area (TPSA) is 95.2 Å². The minimum atomic E-state index is -5.08. The number of benzene rings is 2. The highest BCUT2D eigenvalue weighted by molar-refractivity contribution is 5.94. The summed E-state index contributed by atoms with van der Waals surface area (Å²) >= 11 is 0. The summed E-state index contributed by atoms with van der Waals surface area (Å²) in [4.78, 5) is 17.2. The molecule has 9 nitrogen and oxygen atoms in total. The zero-order valence-electron chi connectivity index (χ0n) is 20.8. The van der Waals surface area contributed by atoms with Gasteiger partial charge < -0.3 is 14.8 Å². The fraction of sp³-hybridized carbons (Fsp3) is 0.346. The average molecular weight is 529 g/mol. The fourth-order valence-electron chi connectivity index (χ4n) is 4.76. The van der Waals surface area contributed by atoms with Crippen LogP contribution in [0.25, 0.3) is 22.2 Å². The number of alkyl halides is 3. The van der Waals surface area contributed by atoms with E-state index < -0.39 is 17.9 Å². The number of nitrogens with one attached hydrogen (secondary N) is 2. The van der Waals surface area contributed by atoms with Crippen LogP contribution in [0.1, 0.15) is 29.2 Å². The van der Waals surface area contributed by atoms with Crippen molar-refractivity contribution in [3.05, 3.63) is 66.5 Å². The number of piperidine rings is 1. The SMILES string of the molecule is COc1nc2cc(-c3cnn(C4CCNCC4)c3)ccc2n1C(NC(=O)c1ccccc1)(OC)C(F)(F)F. The standard InChI is InChI=1S/C26H27F3N6O3/c1-37-24-32-21-14-18(19-15-31-34(16-19)20-10-12-30-13-11-20)8-9-22(21)35(24)26(38-2,25(27,28)29)33-23(36)17-6-4-3-5-7-17/h3-9,14-16,20,30H,10-13H2,1-2H3,(H,33,36).